The highest BCUT2D eigenvalue weighted by Crippen LogP contribution is 2.27. The van der Waals surface area contributed by atoms with Crippen LogP contribution >= 0.6 is 0 Å². The molecule has 1 aliphatic rings. The molecule has 1 saturated heterocycles. The molecule has 0 spiro atoms. The molecule has 1 aliphatic heterocycles. The highest BCUT2D eigenvalue weighted by atomic mass is 16.2. The third kappa shape index (κ3) is 3.63. The Morgan fingerprint density at radius 3 is 2.92 bits per heavy atom. The van der Waals surface area contributed by atoms with Crippen molar-refractivity contribution in [3.63, 3.8) is 0 Å². The van der Waals surface area contributed by atoms with Gasteiger partial charge in [-0.25, -0.2) is 4.98 Å². The Hall–Kier alpha value is -2.64. The van der Waals surface area contributed by atoms with Gasteiger partial charge < -0.3 is 15.2 Å². The zero-order valence-electron chi connectivity index (χ0n) is 15.4. The maximum absolute atomic E-state index is 13.0. The second-order valence-corrected chi connectivity index (χ2v) is 6.84. The number of rotatable bonds is 6. The first-order valence-corrected chi connectivity index (χ1v) is 9.12. The van der Waals surface area contributed by atoms with E-state index >= 15 is 0 Å². The van der Waals surface area contributed by atoms with Crippen molar-refractivity contribution in [2.75, 3.05) is 13.1 Å². The number of likely N-dealkylation sites (tertiary alicyclic amines) is 1. The smallest absolute Gasteiger partial charge is 0.257 e. The van der Waals surface area contributed by atoms with Crippen LogP contribution in [0.4, 0.5) is 0 Å². The van der Waals surface area contributed by atoms with Crippen LogP contribution in [0.1, 0.15) is 54.0 Å². The molecular formula is C18H26N6O2. The molecule has 1 fully saturated rings. The fraction of sp³-hybridized carbons (Fsp3) is 0.556. The van der Waals surface area contributed by atoms with Crippen molar-refractivity contribution in [1.82, 2.24) is 24.2 Å². The van der Waals surface area contributed by atoms with Crippen LogP contribution in [-0.2, 0) is 17.9 Å². The molecule has 0 bridgehead atoms. The molecule has 8 nitrogen and oxygen atoms in total. The van der Waals surface area contributed by atoms with Crippen molar-refractivity contribution in [2.24, 2.45) is 5.73 Å². The zero-order valence-corrected chi connectivity index (χ0v) is 15.4. The van der Waals surface area contributed by atoms with Gasteiger partial charge in [0, 0.05) is 43.6 Å². The summed E-state index contributed by atoms with van der Waals surface area (Å²) < 4.78 is 3.67. The Bertz CT molecular complexity index is 793. The predicted molar refractivity (Wildman–Crippen MR) is 96.6 cm³/mol. The Kier molecular flexibility index (Phi) is 5.39. The fourth-order valence-electron chi connectivity index (χ4n) is 3.62. The van der Waals surface area contributed by atoms with E-state index in [1.165, 1.54) is 0 Å². The van der Waals surface area contributed by atoms with Crippen LogP contribution in [0.5, 0.6) is 0 Å². The SMILES string of the molecule is CCCn1ncc(C(=O)N2CCCC(c3nccn3CC(N)=O)C2)c1C. The molecule has 8 heteroatoms. The predicted octanol–water partition coefficient (Wildman–Crippen LogP) is 1.30. The lowest BCUT2D eigenvalue weighted by Gasteiger charge is -2.32. The van der Waals surface area contributed by atoms with Gasteiger partial charge in [-0.2, -0.15) is 5.10 Å². The molecule has 1 atom stereocenters. The molecule has 26 heavy (non-hydrogen) atoms. The number of piperidine rings is 1. The Labute approximate surface area is 153 Å². The lowest BCUT2D eigenvalue weighted by Crippen LogP contribution is -2.40. The molecule has 3 heterocycles. The number of imidazole rings is 1. The number of aromatic nitrogens is 4. The molecule has 2 amide bonds. The van der Waals surface area contributed by atoms with E-state index in [2.05, 4.69) is 17.0 Å². The normalized spacial score (nSPS) is 17.5. The molecule has 0 radical (unpaired) electrons. The third-order valence-electron chi connectivity index (χ3n) is 4.92. The highest BCUT2D eigenvalue weighted by molar-refractivity contribution is 5.95. The summed E-state index contributed by atoms with van der Waals surface area (Å²) in [7, 11) is 0. The summed E-state index contributed by atoms with van der Waals surface area (Å²) in [5.41, 5.74) is 6.89. The van der Waals surface area contributed by atoms with Crippen LogP contribution < -0.4 is 5.73 Å². The quantitative estimate of drug-likeness (QED) is 0.841. The van der Waals surface area contributed by atoms with Crippen LogP contribution in [0.25, 0.3) is 0 Å². The van der Waals surface area contributed by atoms with E-state index in [0.717, 1.165) is 43.9 Å². The molecule has 2 aromatic rings. The van der Waals surface area contributed by atoms with E-state index in [0.29, 0.717) is 12.1 Å². The van der Waals surface area contributed by atoms with Gasteiger partial charge >= 0.3 is 0 Å². The highest BCUT2D eigenvalue weighted by Gasteiger charge is 2.29. The second kappa shape index (κ2) is 7.72. The minimum absolute atomic E-state index is 0.0163. The van der Waals surface area contributed by atoms with Crippen molar-refractivity contribution in [3.05, 3.63) is 35.7 Å². The number of nitrogens with two attached hydrogens (primary N) is 1. The van der Waals surface area contributed by atoms with Gasteiger partial charge in [0.05, 0.1) is 11.8 Å². The van der Waals surface area contributed by atoms with Gasteiger partial charge in [0.15, 0.2) is 0 Å². The number of amides is 2. The Morgan fingerprint density at radius 2 is 2.19 bits per heavy atom. The van der Waals surface area contributed by atoms with Crippen LogP contribution in [0, 0.1) is 6.92 Å². The van der Waals surface area contributed by atoms with E-state index in [9.17, 15) is 9.59 Å². The average molecular weight is 358 g/mol. The number of hydrogen-bond donors (Lipinski definition) is 1. The maximum atomic E-state index is 13.0. The largest absolute Gasteiger partial charge is 0.368 e. The summed E-state index contributed by atoms with van der Waals surface area (Å²) in [6.45, 7) is 6.27. The van der Waals surface area contributed by atoms with Gasteiger partial charge in [-0.15, -0.1) is 0 Å². The fourth-order valence-corrected chi connectivity index (χ4v) is 3.62. The van der Waals surface area contributed by atoms with Gasteiger partial charge in [0.25, 0.3) is 5.91 Å². The maximum Gasteiger partial charge on any atom is 0.257 e. The van der Waals surface area contributed by atoms with Crippen molar-refractivity contribution < 1.29 is 9.59 Å². The van der Waals surface area contributed by atoms with Crippen molar-refractivity contribution in [1.29, 1.82) is 0 Å². The van der Waals surface area contributed by atoms with Crippen molar-refractivity contribution in [2.45, 2.75) is 52.1 Å². The van der Waals surface area contributed by atoms with E-state index in [4.69, 9.17) is 5.73 Å². The molecule has 0 aromatic carbocycles. The molecule has 2 aromatic heterocycles. The minimum Gasteiger partial charge on any atom is -0.368 e. The molecule has 3 rings (SSSR count). The number of nitrogens with zero attached hydrogens (tertiary/aromatic N) is 5. The lowest BCUT2D eigenvalue weighted by molar-refractivity contribution is -0.118. The average Bonchev–Trinajstić information content (AvgIpc) is 3.22. The van der Waals surface area contributed by atoms with Gasteiger partial charge in [0.2, 0.25) is 5.91 Å². The lowest BCUT2D eigenvalue weighted by atomic mass is 9.96. The Morgan fingerprint density at radius 1 is 1.38 bits per heavy atom. The number of carbonyl (C=O) groups is 2. The summed E-state index contributed by atoms with van der Waals surface area (Å²) in [5.74, 6) is 0.544. The summed E-state index contributed by atoms with van der Waals surface area (Å²) in [5, 5.41) is 4.34. The van der Waals surface area contributed by atoms with Crippen molar-refractivity contribution >= 4 is 11.8 Å². The van der Waals surface area contributed by atoms with Gasteiger partial charge in [-0.05, 0) is 26.2 Å². The van der Waals surface area contributed by atoms with Crippen LogP contribution in [0.15, 0.2) is 18.6 Å². The summed E-state index contributed by atoms with van der Waals surface area (Å²) in [4.78, 5) is 30.5. The van der Waals surface area contributed by atoms with E-state index in [-0.39, 0.29) is 18.4 Å². The molecular weight excluding hydrogens is 332 g/mol. The van der Waals surface area contributed by atoms with Crippen molar-refractivity contribution in [3.8, 4) is 0 Å². The summed E-state index contributed by atoms with van der Waals surface area (Å²) in [6, 6.07) is 0. The first-order chi connectivity index (χ1) is 12.5. The first-order valence-electron chi connectivity index (χ1n) is 9.12. The number of hydrogen-bond acceptors (Lipinski definition) is 4. The Balaban J connectivity index is 1.75. The molecule has 2 N–H and O–H groups in total. The zero-order chi connectivity index (χ0) is 18.7. The van der Waals surface area contributed by atoms with Crippen LogP contribution in [0.3, 0.4) is 0 Å². The second-order valence-electron chi connectivity index (χ2n) is 6.84. The number of aryl methyl sites for hydroxylation is 1. The summed E-state index contributed by atoms with van der Waals surface area (Å²) >= 11 is 0. The van der Waals surface area contributed by atoms with Gasteiger partial charge in [-0.1, -0.05) is 6.92 Å². The van der Waals surface area contributed by atoms with Crippen LogP contribution in [0.2, 0.25) is 0 Å². The standard InChI is InChI=1S/C18H26N6O2/c1-3-7-24-13(2)15(10-21-24)18(26)23-8-4-5-14(11-23)17-20-6-9-22(17)12-16(19)25/h6,9-10,14H,3-5,7-8,11-12H2,1-2H3,(H2,19,25). The van der Waals surface area contributed by atoms with E-state index < -0.39 is 5.91 Å². The third-order valence-corrected chi connectivity index (χ3v) is 4.92. The van der Waals surface area contributed by atoms with Gasteiger partial charge in [0.1, 0.15) is 12.4 Å². The molecule has 0 saturated carbocycles. The molecule has 0 aliphatic carbocycles. The topological polar surface area (TPSA) is 99.0 Å². The monoisotopic (exact) mass is 358 g/mol. The van der Waals surface area contributed by atoms with Crippen LogP contribution in [-0.4, -0.2) is 49.1 Å². The molecule has 1 unspecified atom stereocenters. The van der Waals surface area contributed by atoms with E-state index in [1.807, 2.05) is 16.5 Å². The summed E-state index contributed by atoms with van der Waals surface area (Å²) in [6.07, 6.45) is 7.93. The molecule has 140 valence electrons. The number of carbonyl (C=O) groups excluding carboxylic acids is 2. The van der Waals surface area contributed by atoms with Gasteiger partial charge in [-0.3, -0.25) is 14.3 Å². The first kappa shape index (κ1) is 18.2. The number of primary amides is 1. The van der Waals surface area contributed by atoms with E-state index in [1.54, 1.807) is 23.2 Å². The minimum atomic E-state index is -0.396.